The molecule has 1 aromatic carbocycles. The Morgan fingerprint density at radius 1 is 1.45 bits per heavy atom. The topological polar surface area (TPSA) is 58.6 Å². The molecular weight excluding hydrogens is 322 g/mol. The molecule has 1 amide bonds. The maximum atomic E-state index is 12.2. The first-order valence-electron chi connectivity index (χ1n) is 6.85. The van der Waals surface area contributed by atoms with Crippen LogP contribution in [0.2, 0.25) is 0 Å². The van der Waals surface area contributed by atoms with E-state index in [-0.39, 0.29) is 12.5 Å². The predicted octanol–water partition coefficient (Wildman–Crippen LogP) is 2.99. The highest BCUT2D eigenvalue weighted by Crippen LogP contribution is 2.23. The Bertz CT molecular complexity index is 431. The van der Waals surface area contributed by atoms with Gasteiger partial charge >= 0.3 is 0 Å². The van der Waals surface area contributed by atoms with E-state index in [9.17, 15) is 4.79 Å². The lowest BCUT2D eigenvalue weighted by Crippen LogP contribution is -2.30. The summed E-state index contributed by atoms with van der Waals surface area (Å²) in [5, 5.41) is 11.9. The van der Waals surface area contributed by atoms with Crippen molar-refractivity contribution in [1.29, 1.82) is 0 Å². The van der Waals surface area contributed by atoms with Crippen LogP contribution in [-0.2, 0) is 0 Å². The Hall–Kier alpha value is -1.07. The summed E-state index contributed by atoms with van der Waals surface area (Å²) in [6.07, 6.45) is 2.76. The number of halogens is 1. The highest BCUT2D eigenvalue weighted by Gasteiger charge is 2.14. The second-order valence-corrected chi connectivity index (χ2v) is 5.64. The van der Waals surface area contributed by atoms with Gasteiger partial charge in [0.15, 0.2) is 0 Å². The number of carbonyl (C=O) groups excluding carboxylic acids is 1. The van der Waals surface area contributed by atoms with Gasteiger partial charge in [0.25, 0.3) is 5.91 Å². The zero-order valence-corrected chi connectivity index (χ0v) is 13.6. The number of aliphatic hydroxyl groups excluding tert-OH is 1. The standard InChI is InChI=1S/C15H22BrNO3/c1-3-4-11(7-8-18)10-17-15(19)13-6-5-12(16)9-14(13)20-2/h5-6,9,11,18H,3-4,7-8,10H2,1-2H3,(H,17,19). The van der Waals surface area contributed by atoms with Crippen molar-refractivity contribution in [3.8, 4) is 5.75 Å². The molecule has 0 radical (unpaired) electrons. The zero-order valence-electron chi connectivity index (χ0n) is 12.0. The number of benzene rings is 1. The maximum Gasteiger partial charge on any atom is 0.255 e. The van der Waals surface area contributed by atoms with Gasteiger partial charge in [0, 0.05) is 17.6 Å². The van der Waals surface area contributed by atoms with Crippen LogP contribution in [0, 0.1) is 5.92 Å². The van der Waals surface area contributed by atoms with Crippen molar-refractivity contribution in [2.45, 2.75) is 26.2 Å². The minimum absolute atomic E-state index is 0.145. The van der Waals surface area contributed by atoms with Crippen molar-refractivity contribution >= 4 is 21.8 Å². The molecule has 4 nitrogen and oxygen atoms in total. The maximum absolute atomic E-state index is 12.2. The van der Waals surface area contributed by atoms with E-state index in [1.165, 1.54) is 0 Å². The molecule has 2 N–H and O–H groups in total. The van der Waals surface area contributed by atoms with E-state index in [1.54, 1.807) is 19.2 Å². The molecule has 0 fully saturated rings. The lowest BCUT2D eigenvalue weighted by molar-refractivity contribution is 0.0940. The molecule has 1 rings (SSSR count). The molecule has 0 aliphatic heterocycles. The molecule has 5 heteroatoms. The van der Waals surface area contributed by atoms with Crippen LogP contribution in [0.4, 0.5) is 0 Å². The number of rotatable bonds is 8. The fourth-order valence-corrected chi connectivity index (χ4v) is 2.46. The summed E-state index contributed by atoms with van der Waals surface area (Å²) in [5.41, 5.74) is 0.523. The van der Waals surface area contributed by atoms with Gasteiger partial charge < -0.3 is 15.2 Å². The second kappa shape index (κ2) is 8.97. The second-order valence-electron chi connectivity index (χ2n) is 4.72. The molecule has 0 saturated heterocycles. The van der Waals surface area contributed by atoms with Crippen LogP contribution in [-0.4, -0.2) is 31.3 Å². The molecule has 20 heavy (non-hydrogen) atoms. The summed E-state index contributed by atoms with van der Waals surface area (Å²) >= 11 is 3.35. The van der Waals surface area contributed by atoms with Gasteiger partial charge in [0.1, 0.15) is 5.75 Å². The number of methoxy groups -OCH3 is 1. The minimum Gasteiger partial charge on any atom is -0.496 e. The minimum atomic E-state index is -0.145. The Balaban J connectivity index is 2.66. The summed E-state index contributed by atoms with van der Waals surface area (Å²) in [7, 11) is 1.55. The zero-order chi connectivity index (χ0) is 15.0. The average Bonchev–Trinajstić information content (AvgIpc) is 2.44. The van der Waals surface area contributed by atoms with Gasteiger partial charge in [0.2, 0.25) is 0 Å². The van der Waals surface area contributed by atoms with E-state index in [2.05, 4.69) is 28.2 Å². The fraction of sp³-hybridized carbons (Fsp3) is 0.533. The average molecular weight is 344 g/mol. The molecule has 0 saturated carbocycles. The molecule has 0 aliphatic rings. The van der Waals surface area contributed by atoms with E-state index in [1.807, 2.05) is 6.07 Å². The highest BCUT2D eigenvalue weighted by atomic mass is 79.9. The normalized spacial score (nSPS) is 12.0. The smallest absolute Gasteiger partial charge is 0.255 e. The third-order valence-electron chi connectivity index (χ3n) is 3.19. The van der Waals surface area contributed by atoms with E-state index in [0.29, 0.717) is 30.2 Å². The van der Waals surface area contributed by atoms with Crippen LogP contribution in [0.3, 0.4) is 0 Å². The number of aliphatic hydroxyl groups is 1. The molecule has 0 aliphatic carbocycles. The third kappa shape index (κ3) is 5.13. The molecule has 1 unspecified atom stereocenters. The Morgan fingerprint density at radius 2 is 2.20 bits per heavy atom. The van der Waals surface area contributed by atoms with Crippen LogP contribution in [0.25, 0.3) is 0 Å². The van der Waals surface area contributed by atoms with Gasteiger partial charge in [-0.1, -0.05) is 29.3 Å². The van der Waals surface area contributed by atoms with Crippen molar-refractivity contribution in [1.82, 2.24) is 5.32 Å². The molecule has 0 bridgehead atoms. The Kier molecular flexibility index (Phi) is 7.62. The van der Waals surface area contributed by atoms with Crippen LogP contribution in [0.1, 0.15) is 36.5 Å². The first-order chi connectivity index (χ1) is 9.62. The summed E-state index contributed by atoms with van der Waals surface area (Å²) in [6.45, 7) is 2.83. The van der Waals surface area contributed by atoms with Crippen molar-refractivity contribution in [2.75, 3.05) is 20.3 Å². The first kappa shape index (κ1) is 17.0. The fourth-order valence-electron chi connectivity index (χ4n) is 2.12. The number of amides is 1. The summed E-state index contributed by atoms with van der Waals surface area (Å²) in [4.78, 5) is 12.2. The molecule has 0 aromatic heterocycles. The van der Waals surface area contributed by atoms with Crippen molar-refractivity contribution in [2.24, 2.45) is 5.92 Å². The Labute approximate surface area is 128 Å². The van der Waals surface area contributed by atoms with Crippen molar-refractivity contribution in [3.63, 3.8) is 0 Å². The number of carbonyl (C=O) groups is 1. The molecule has 112 valence electrons. The van der Waals surface area contributed by atoms with E-state index >= 15 is 0 Å². The van der Waals surface area contributed by atoms with Crippen LogP contribution in [0.15, 0.2) is 22.7 Å². The molecule has 0 heterocycles. The first-order valence-corrected chi connectivity index (χ1v) is 7.64. The van der Waals surface area contributed by atoms with E-state index < -0.39 is 0 Å². The largest absolute Gasteiger partial charge is 0.496 e. The summed E-state index contributed by atoms with van der Waals surface area (Å²) in [6, 6.07) is 5.32. The predicted molar refractivity (Wildman–Crippen MR) is 83.1 cm³/mol. The van der Waals surface area contributed by atoms with Crippen LogP contribution < -0.4 is 10.1 Å². The van der Waals surface area contributed by atoms with Crippen molar-refractivity contribution < 1.29 is 14.6 Å². The molecule has 1 aromatic rings. The number of nitrogens with one attached hydrogen (secondary N) is 1. The molecule has 0 spiro atoms. The molecule has 1 atom stereocenters. The van der Waals surface area contributed by atoms with Crippen LogP contribution in [0.5, 0.6) is 5.75 Å². The summed E-state index contributed by atoms with van der Waals surface area (Å²) < 4.78 is 6.09. The van der Waals surface area contributed by atoms with Gasteiger partial charge in [-0.25, -0.2) is 0 Å². The van der Waals surface area contributed by atoms with Gasteiger partial charge in [0.05, 0.1) is 12.7 Å². The van der Waals surface area contributed by atoms with Gasteiger partial charge in [-0.3, -0.25) is 4.79 Å². The monoisotopic (exact) mass is 343 g/mol. The SMILES string of the molecule is CCCC(CCO)CNC(=O)c1ccc(Br)cc1OC. The molecular formula is C15H22BrNO3. The summed E-state index contributed by atoms with van der Waals surface area (Å²) in [5.74, 6) is 0.717. The number of hydrogen-bond donors (Lipinski definition) is 2. The quantitative estimate of drug-likeness (QED) is 0.762. The van der Waals surface area contributed by atoms with Gasteiger partial charge in [-0.2, -0.15) is 0 Å². The van der Waals surface area contributed by atoms with E-state index in [0.717, 1.165) is 17.3 Å². The number of hydrogen-bond acceptors (Lipinski definition) is 3. The lowest BCUT2D eigenvalue weighted by atomic mass is 10.00. The van der Waals surface area contributed by atoms with E-state index in [4.69, 9.17) is 9.84 Å². The Morgan fingerprint density at radius 3 is 2.80 bits per heavy atom. The van der Waals surface area contributed by atoms with Gasteiger partial charge in [-0.05, 0) is 37.0 Å². The number of ether oxygens (including phenoxy) is 1. The van der Waals surface area contributed by atoms with Gasteiger partial charge in [-0.15, -0.1) is 0 Å². The highest BCUT2D eigenvalue weighted by molar-refractivity contribution is 9.10. The lowest BCUT2D eigenvalue weighted by Gasteiger charge is -2.16. The van der Waals surface area contributed by atoms with Crippen LogP contribution >= 0.6 is 15.9 Å². The third-order valence-corrected chi connectivity index (χ3v) is 3.69. The van der Waals surface area contributed by atoms with Crippen molar-refractivity contribution in [3.05, 3.63) is 28.2 Å².